The van der Waals surface area contributed by atoms with E-state index < -0.39 is 11.9 Å². The molecule has 140 valence electrons. The maximum absolute atomic E-state index is 12.2. The highest BCUT2D eigenvalue weighted by Gasteiger charge is 2.37. The van der Waals surface area contributed by atoms with Gasteiger partial charge in [-0.05, 0) is 24.6 Å². The number of nitriles is 1. The zero-order valence-corrected chi connectivity index (χ0v) is 16.1. The van der Waals surface area contributed by atoms with Crippen LogP contribution >= 0.6 is 11.3 Å². The predicted octanol–water partition coefficient (Wildman–Crippen LogP) is 3.08. The Kier molecular flexibility index (Phi) is 4.97. The lowest BCUT2D eigenvalue weighted by Gasteiger charge is -2.24. The van der Waals surface area contributed by atoms with Crippen LogP contribution in [0.3, 0.4) is 0 Å². The van der Waals surface area contributed by atoms with Crippen LogP contribution < -0.4 is 19.9 Å². The fourth-order valence-electron chi connectivity index (χ4n) is 3.08. The summed E-state index contributed by atoms with van der Waals surface area (Å²) in [6.07, 6.45) is 0. The van der Waals surface area contributed by atoms with Gasteiger partial charge in [0.15, 0.2) is 17.2 Å². The highest BCUT2D eigenvalue weighted by Crippen LogP contribution is 2.50. The molecule has 3 rings (SSSR count). The van der Waals surface area contributed by atoms with Gasteiger partial charge >= 0.3 is 5.97 Å². The summed E-state index contributed by atoms with van der Waals surface area (Å²) in [6.45, 7) is 1.80. The van der Waals surface area contributed by atoms with E-state index in [4.69, 9.17) is 24.7 Å². The minimum absolute atomic E-state index is 0.0345. The summed E-state index contributed by atoms with van der Waals surface area (Å²) in [5.41, 5.74) is 7.38. The number of nitrogens with two attached hydrogens (primary N) is 1. The number of thiophene rings is 1. The molecular weight excluding hydrogens is 368 g/mol. The number of aryl methyl sites for hydroxylation is 1. The van der Waals surface area contributed by atoms with Gasteiger partial charge in [0.1, 0.15) is 17.2 Å². The van der Waals surface area contributed by atoms with Crippen molar-refractivity contribution in [1.29, 1.82) is 5.26 Å². The van der Waals surface area contributed by atoms with Crippen LogP contribution in [0.1, 0.15) is 31.6 Å². The van der Waals surface area contributed by atoms with Crippen molar-refractivity contribution in [1.82, 2.24) is 0 Å². The van der Waals surface area contributed by atoms with Crippen LogP contribution in [0, 0.1) is 18.3 Å². The van der Waals surface area contributed by atoms with E-state index in [2.05, 4.69) is 6.07 Å². The van der Waals surface area contributed by atoms with Crippen LogP contribution in [0.25, 0.3) is 0 Å². The molecule has 1 aliphatic heterocycles. The van der Waals surface area contributed by atoms with E-state index in [1.807, 2.05) is 6.07 Å². The molecule has 1 aromatic heterocycles. The Labute approximate surface area is 160 Å². The van der Waals surface area contributed by atoms with Crippen LogP contribution in [0.2, 0.25) is 0 Å². The summed E-state index contributed by atoms with van der Waals surface area (Å²) in [4.78, 5) is 13.6. The molecule has 1 aliphatic rings. The minimum atomic E-state index is -0.510. The summed E-state index contributed by atoms with van der Waals surface area (Å²) < 4.78 is 21.2. The minimum Gasteiger partial charge on any atom is -0.493 e. The molecule has 1 aromatic carbocycles. The van der Waals surface area contributed by atoms with Gasteiger partial charge in [0.25, 0.3) is 0 Å². The number of carbonyl (C=O) groups is 1. The largest absolute Gasteiger partial charge is 0.493 e. The summed E-state index contributed by atoms with van der Waals surface area (Å²) >= 11 is 1.37. The van der Waals surface area contributed by atoms with Gasteiger partial charge < -0.3 is 24.7 Å². The predicted molar refractivity (Wildman–Crippen MR) is 99.2 cm³/mol. The van der Waals surface area contributed by atoms with Gasteiger partial charge in [0.05, 0.1) is 32.1 Å². The molecule has 0 radical (unpaired) electrons. The molecule has 2 heterocycles. The van der Waals surface area contributed by atoms with Gasteiger partial charge in [-0.15, -0.1) is 11.3 Å². The highest BCUT2D eigenvalue weighted by atomic mass is 32.1. The van der Waals surface area contributed by atoms with E-state index >= 15 is 0 Å². The molecule has 2 N–H and O–H groups in total. The van der Waals surface area contributed by atoms with E-state index in [9.17, 15) is 10.1 Å². The second-order valence-corrected chi connectivity index (χ2v) is 7.01. The van der Waals surface area contributed by atoms with Crippen molar-refractivity contribution in [3.05, 3.63) is 50.5 Å². The van der Waals surface area contributed by atoms with Gasteiger partial charge in [0.2, 0.25) is 5.88 Å². The van der Waals surface area contributed by atoms with Crippen molar-refractivity contribution in [3.8, 4) is 23.3 Å². The summed E-state index contributed by atoms with van der Waals surface area (Å²) in [5.74, 6) is 0.403. The molecule has 1 atom stereocenters. The lowest BCUT2D eigenvalue weighted by Crippen LogP contribution is -2.21. The van der Waals surface area contributed by atoms with E-state index in [1.165, 1.54) is 25.6 Å². The molecule has 27 heavy (non-hydrogen) atoms. The molecule has 8 heteroatoms. The summed E-state index contributed by atoms with van der Waals surface area (Å²) in [5, 5.41) is 9.67. The van der Waals surface area contributed by atoms with Gasteiger partial charge in [-0.3, -0.25) is 0 Å². The fraction of sp³-hybridized carbons (Fsp3) is 0.263. The number of benzene rings is 1. The summed E-state index contributed by atoms with van der Waals surface area (Å²) in [7, 11) is 4.39. The SMILES string of the molecule is COC(=O)c1c(C)sc2c1OC(N)=C(C#N)C2c1ccc(OC)c(OC)c1. The molecule has 2 aromatic rings. The van der Waals surface area contributed by atoms with E-state index in [0.717, 1.165) is 10.4 Å². The Hall–Kier alpha value is -3.18. The Balaban J connectivity index is 2.24. The number of ether oxygens (including phenoxy) is 4. The number of fused-ring (bicyclic) bond motifs is 1. The lowest BCUT2D eigenvalue weighted by atomic mass is 9.88. The Morgan fingerprint density at radius 2 is 1.96 bits per heavy atom. The van der Waals surface area contributed by atoms with Gasteiger partial charge in [0, 0.05) is 4.88 Å². The average molecular weight is 386 g/mol. The maximum atomic E-state index is 12.2. The van der Waals surface area contributed by atoms with Crippen molar-refractivity contribution in [2.45, 2.75) is 12.8 Å². The quantitative estimate of drug-likeness (QED) is 0.805. The number of esters is 1. The van der Waals surface area contributed by atoms with Crippen LogP contribution in [0.5, 0.6) is 17.2 Å². The molecule has 7 nitrogen and oxygen atoms in total. The fourth-order valence-corrected chi connectivity index (χ4v) is 4.30. The topological polar surface area (TPSA) is 104 Å². The average Bonchev–Trinajstić information content (AvgIpc) is 3.00. The summed E-state index contributed by atoms with van der Waals surface area (Å²) in [6, 6.07) is 7.51. The third-order valence-corrected chi connectivity index (χ3v) is 5.50. The standard InChI is InChI=1S/C19H18N2O5S/c1-9-14(19(22)25-4)16-17(27-9)15(11(8-20)18(21)26-16)10-5-6-12(23-2)13(7-10)24-3/h5-7,15H,21H2,1-4H3. The van der Waals surface area contributed by atoms with Gasteiger partial charge in [-0.25, -0.2) is 4.79 Å². The smallest absolute Gasteiger partial charge is 0.342 e. The maximum Gasteiger partial charge on any atom is 0.342 e. The van der Waals surface area contributed by atoms with Crippen molar-refractivity contribution >= 4 is 17.3 Å². The number of carbonyl (C=O) groups excluding carboxylic acids is 1. The van der Waals surface area contributed by atoms with Crippen LogP contribution in [0.4, 0.5) is 0 Å². The third-order valence-electron chi connectivity index (χ3n) is 4.35. The van der Waals surface area contributed by atoms with E-state index in [-0.39, 0.29) is 11.5 Å². The molecule has 0 saturated heterocycles. The Morgan fingerprint density at radius 1 is 1.26 bits per heavy atom. The highest BCUT2D eigenvalue weighted by molar-refractivity contribution is 7.12. The number of rotatable bonds is 4. The van der Waals surface area contributed by atoms with Crippen LogP contribution in [-0.2, 0) is 4.74 Å². The monoisotopic (exact) mass is 386 g/mol. The molecule has 0 bridgehead atoms. The zero-order chi connectivity index (χ0) is 19.7. The van der Waals surface area contributed by atoms with E-state index in [1.54, 1.807) is 26.2 Å². The number of allylic oxidation sites excluding steroid dienone is 1. The second kappa shape index (κ2) is 7.21. The van der Waals surface area contributed by atoms with Crippen molar-refractivity contribution in [2.75, 3.05) is 21.3 Å². The van der Waals surface area contributed by atoms with Crippen molar-refractivity contribution in [2.24, 2.45) is 5.73 Å². The lowest BCUT2D eigenvalue weighted by molar-refractivity contribution is 0.0597. The van der Waals surface area contributed by atoms with Crippen LogP contribution in [-0.4, -0.2) is 27.3 Å². The van der Waals surface area contributed by atoms with E-state index in [0.29, 0.717) is 27.7 Å². The first-order chi connectivity index (χ1) is 13.0. The van der Waals surface area contributed by atoms with Crippen molar-refractivity contribution in [3.63, 3.8) is 0 Å². The molecule has 0 saturated carbocycles. The molecule has 0 fully saturated rings. The van der Waals surface area contributed by atoms with Gasteiger partial charge in [-0.1, -0.05) is 6.07 Å². The Morgan fingerprint density at radius 3 is 2.56 bits per heavy atom. The Bertz CT molecular complexity index is 987. The first-order valence-electron chi connectivity index (χ1n) is 7.97. The molecule has 0 aliphatic carbocycles. The third kappa shape index (κ3) is 2.96. The van der Waals surface area contributed by atoms with Gasteiger partial charge in [-0.2, -0.15) is 5.26 Å². The zero-order valence-electron chi connectivity index (χ0n) is 15.3. The number of hydrogen-bond donors (Lipinski definition) is 1. The molecule has 0 spiro atoms. The molecule has 0 amide bonds. The normalized spacial score (nSPS) is 15.4. The number of hydrogen-bond acceptors (Lipinski definition) is 8. The second-order valence-electron chi connectivity index (χ2n) is 5.76. The number of nitrogens with zero attached hydrogens (tertiary/aromatic N) is 1. The molecular formula is C19H18N2O5S. The van der Waals surface area contributed by atoms with Crippen LogP contribution in [0.15, 0.2) is 29.7 Å². The molecule has 1 unspecified atom stereocenters. The first-order valence-corrected chi connectivity index (χ1v) is 8.79. The number of methoxy groups -OCH3 is 3. The first kappa shape index (κ1) is 18.6. The van der Waals surface area contributed by atoms with Crippen molar-refractivity contribution < 1.29 is 23.7 Å².